The van der Waals surface area contributed by atoms with Crippen molar-refractivity contribution < 1.29 is 0 Å². The molecule has 0 spiro atoms. The molecule has 10 heteroatoms. The summed E-state index contributed by atoms with van der Waals surface area (Å²) in [6.45, 7) is 7.20. The van der Waals surface area contributed by atoms with Crippen molar-refractivity contribution >= 4 is 46.1 Å². The molecule has 0 amide bonds. The average molecular weight is 389 g/mol. The van der Waals surface area contributed by atoms with Gasteiger partial charge in [0.15, 0.2) is 10.2 Å². The van der Waals surface area contributed by atoms with E-state index in [1.54, 1.807) is 0 Å². The maximum absolute atomic E-state index is 5.20. The predicted molar refractivity (Wildman–Crippen MR) is 115 cm³/mol. The first-order valence-electron chi connectivity index (χ1n) is 8.24. The van der Waals surface area contributed by atoms with Gasteiger partial charge in [0.2, 0.25) is 0 Å². The first kappa shape index (κ1) is 23.6. The fraction of sp³-hybridized carbons (Fsp3) is 0.733. The van der Waals surface area contributed by atoms with Crippen molar-refractivity contribution in [2.75, 3.05) is 54.4 Å². The molecule has 4 N–H and O–H groups in total. The Morgan fingerprint density at radius 3 is 1.68 bits per heavy atom. The molecular formula is C15H32N8S2. The van der Waals surface area contributed by atoms with Crippen molar-refractivity contribution in [2.45, 2.75) is 20.3 Å². The molecular weight excluding hydrogens is 356 g/mol. The standard InChI is InChI=1S/C15H32N8S2/c1-7-13(19-21-15(25)17-9-11-23(5)6)12(2)18-20-14(24)16-8-10-22(3)4/h7-11H2,1-6H3,(H2,16,20,24)(H2,17,21,25)/b18-12+,19-13-. The second-order valence-electron chi connectivity index (χ2n) is 5.95. The highest BCUT2D eigenvalue weighted by molar-refractivity contribution is 7.80. The highest BCUT2D eigenvalue weighted by Crippen LogP contribution is 1.90. The molecule has 0 radical (unpaired) electrons. The van der Waals surface area contributed by atoms with Crippen molar-refractivity contribution in [1.82, 2.24) is 31.3 Å². The quantitative estimate of drug-likeness (QED) is 0.240. The van der Waals surface area contributed by atoms with Crippen molar-refractivity contribution in [2.24, 2.45) is 10.2 Å². The highest BCUT2D eigenvalue weighted by atomic mass is 32.1. The van der Waals surface area contributed by atoms with Crippen molar-refractivity contribution in [1.29, 1.82) is 0 Å². The van der Waals surface area contributed by atoms with Gasteiger partial charge in [0.1, 0.15) is 0 Å². The molecule has 0 heterocycles. The van der Waals surface area contributed by atoms with Crippen molar-refractivity contribution in [3.8, 4) is 0 Å². The molecule has 0 saturated carbocycles. The van der Waals surface area contributed by atoms with E-state index in [2.05, 4.69) is 41.5 Å². The summed E-state index contributed by atoms with van der Waals surface area (Å²) in [5.41, 5.74) is 7.24. The fourth-order valence-electron chi connectivity index (χ4n) is 1.60. The number of hydrogen-bond acceptors (Lipinski definition) is 6. The monoisotopic (exact) mass is 388 g/mol. The van der Waals surface area contributed by atoms with Gasteiger partial charge in [0, 0.05) is 26.2 Å². The van der Waals surface area contributed by atoms with Crippen LogP contribution in [-0.4, -0.2) is 85.8 Å². The third kappa shape index (κ3) is 13.6. The van der Waals surface area contributed by atoms with Crippen LogP contribution in [0.2, 0.25) is 0 Å². The molecule has 144 valence electrons. The highest BCUT2D eigenvalue weighted by Gasteiger charge is 2.03. The van der Waals surface area contributed by atoms with Crippen molar-refractivity contribution in [3.05, 3.63) is 0 Å². The van der Waals surface area contributed by atoms with Crippen LogP contribution in [0.5, 0.6) is 0 Å². The van der Waals surface area contributed by atoms with Gasteiger partial charge >= 0.3 is 0 Å². The van der Waals surface area contributed by atoms with Crippen LogP contribution in [0, 0.1) is 0 Å². The average Bonchev–Trinajstić information content (AvgIpc) is 2.52. The maximum Gasteiger partial charge on any atom is 0.187 e. The first-order chi connectivity index (χ1) is 11.8. The maximum atomic E-state index is 5.20. The van der Waals surface area contributed by atoms with Crippen LogP contribution < -0.4 is 21.5 Å². The number of hydrazone groups is 2. The summed E-state index contributed by atoms with van der Waals surface area (Å²) in [5.74, 6) is 0. The van der Waals surface area contributed by atoms with Gasteiger partial charge in [-0.05, 0) is 66.0 Å². The molecule has 0 fully saturated rings. The van der Waals surface area contributed by atoms with E-state index >= 15 is 0 Å². The Morgan fingerprint density at radius 1 is 0.840 bits per heavy atom. The molecule has 25 heavy (non-hydrogen) atoms. The normalized spacial score (nSPS) is 12.3. The Labute approximate surface area is 162 Å². The Hall–Kier alpha value is -1.36. The minimum atomic E-state index is 0.491. The lowest BCUT2D eigenvalue weighted by Gasteiger charge is -2.13. The Kier molecular flexibility index (Phi) is 13.1. The van der Waals surface area contributed by atoms with Gasteiger partial charge < -0.3 is 20.4 Å². The molecule has 0 aromatic heterocycles. The molecule has 0 atom stereocenters. The SMILES string of the molecule is CCC(=N/NC(=S)NCCN(C)C)/C(C)=N/NC(=S)NCCN(C)C. The summed E-state index contributed by atoms with van der Waals surface area (Å²) in [5, 5.41) is 15.7. The molecule has 0 rings (SSSR count). The Morgan fingerprint density at radius 2 is 1.28 bits per heavy atom. The summed E-state index contributed by atoms with van der Waals surface area (Å²) in [6.07, 6.45) is 0.727. The molecule has 8 nitrogen and oxygen atoms in total. The summed E-state index contributed by atoms with van der Waals surface area (Å²) in [7, 11) is 8.05. The van der Waals surface area contributed by atoms with Crippen LogP contribution in [-0.2, 0) is 0 Å². The second-order valence-corrected chi connectivity index (χ2v) is 6.77. The number of nitrogens with one attached hydrogen (secondary N) is 4. The van der Waals surface area contributed by atoms with Crippen LogP contribution in [0.15, 0.2) is 10.2 Å². The number of likely N-dealkylation sites (N-methyl/N-ethyl adjacent to an activating group) is 2. The zero-order valence-electron chi connectivity index (χ0n) is 16.1. The number of thiocarbonyl (C=S) groups is 2. The van der Waals surface area contributed by atoms with E-state index in [0.717, 1.165) is 44.0 Å². The molecule has 0 bridgehead atoms. The number of rotatable bonds is 10. The third-order valence-corrected chi connectivity index (χ3v) is 3.53. The summed E-state index contributed by atoms with van der Waals surface area (Å²) in [4.78, 5) is 4.15. The lowest BCUT2D eigenvalue weighted by atomic mass is 10.2. The zero-order valence-corrected chi connectivity index (χ0v) is 17.8. The molecule has 0 aliphatic rings. The molecule has 0 aromatic rings. The lowest BCUT2D eigenvalue weighted by Crippen LogP contribution is -2.38. The van der Waals surface area contributed by atoms with Gasteiger partial charge in [-0.3, -0.25) is 10.9 Å². The smallest absolute Gasteiger partial charge is 0.187 e. The molecule has 0 aliphatic carbocycles. The van der Waals surface area contributed by atoms with Gasteiger partial charge in [0.05, 0.1) is 11.4 Å². The topological polar surface area (TPSA) is 79.3 Å². The zero-order chi connectivity index (χ0) is 19.2. The van der Waals surface area contributed by atoms with Gasteiger partial charge in [-0.1, -0.05) is 6.92 Å². The van der Waals surface area contributed by atoms with E-state index in [-0.39, 0.29) is 0 Å². The number of nitrogens with zero attached hydrogens (tertiary/aromatic N) is 4. The third-order valence-electron chi connectivity index (χ3n) is 3.06. The minimum Gasteiger partial charge on any atom is -0.360 e. The van der Waals surface area contributed by atoms with E-state index in [0.29, 0.717) is 10.2 Å². The van der Waals surface area contributed by atoms with Crippen LogP contribution in [0.25, 0.3) is 0 Å². The van der Waals surface area contributed by atoms with E-state index in [4.69, 9.17) is 24.4 Å². The fourth-order valence-corrected chi connectivity index (χ4v) is 1.89. The van der Waals surface area contributed by atoms with Gasteiger partial charge in [-0.25, -0.2) is 0 Å². The Bertz CT molecular complexity index is 474. The Balaban J connectivity index is 4.35. The lowest BCUT2D eigenvalue weighted by molar-refractivity contribution is 0.412. The van der Waals surface area contributed by atoms with E-state index < -0.39 is 0 Å². The van der Waals surface area contributed by atoms with Crippen molar-refractivity contribution in [3.63, 3.8) is 0 Å². The van der Waals surface area contributed by atoms with Crippen LogP contribution in [0.3, 0.4) is 0 Å². The van der Waals surface area contributed by atoms with Crippen LogP contribution >= 0.6 is 24.4 Å². The van der Waals surface area contributed by atoms with Gasteiger partial charge in [-0.2, -0.15) is 10.2 Å². The summed E-state index contributed by atoms with van der Waals surface area (Å²) >= 11 is 10.4. The largest absolute Gasteiger partial charge is 0.360 e. The van der Waals surface area contributed by atoms with Gasteiger partial charge in [-0.15, -0.1) is 0 Å². The van der Waals surface area contributed by atoms with Gasteiger partial charge in [0.25, 0.3) is 0 Å². The summed E-state index contributed by atoms with van der Waals surface area (Å²) in [6, 6.07) is 0. The molecule has 0 unspecified atom stereocenters. The molecule has 0 aliphatic heterocycles. The van der Waals surface area contributed by atoms with E-state index in [9.17, 15) is 0 Å². The van der Waals surface area contributed by atoms with Crippen LogP contribution in [0.4, 0.5) is 0 Å². The predicted octanol–water partition coefficient (Wildman–Crippen LogP) is 0.180. The first-order valence-corrected chi connectivity index (χ1v) is 9.06. The minimum absolute atomic E-state index is 0.491. The second kappa shape index (κ2) is 13.9. The van der Waals surface area contributed by atoms with E-state index in [1.165, 1.54) is 0 Å². The van der Waals surface area contributed by atoms with Crippen LogP contribution in [0.1, 0.15) is 20.3 Å². The van der Waals surface area contributed by atoms with E-state index in [1.807, 2.05) is 42.0 Å². The molecule has 0 aromatic carbocycles. The number of hydrogen-bond donors (Lipinski definition) is 4. The molecule has 0 saturated heterocycles. The summed E-state index contributed by atoms with van der Waals surface area (Å²) < 4.78 is 0.